The van der Waals surface area contributed by atoms with Crippen molar-refractivity contribution in [2.45, 2.75) is 66.7 Å². The van der Waals surface area contributed by atoms with Crippen LogP contribution in [0.3, 0.4) is 0 Å². The first-order chi connectivity index (χ1) is 20.0. The molecule has 0 aromatic heterocycles. The Morgan fingerprint density at radius 3 is 1.80 bits per heavy atom. The minimum atomic E-state index is 0. The van der Waals surface area contributed by atoms with Gasteiger partial charge in [0.15, 0.2) is 0 Å². The van der Waals surface area contributed by atoms with E-state index in [9.17, 15) is 0 Å². The summed E-state index contributed by atoms with van der Waals surface area (Å²) in [6.07, 6.45) is 0. The van der Waals surface area contributed by atoms with Gasteiger partial charge in [0.05, 0.1) is 0 Å². The molecule has 0 atom stereocenters. The van der Waals surface area contributed by atoms with Crippen molar-refractivity contribution >= 4 is 53.2 Å². The summed E-state index contributed by atoms with van der Waals surface area (Å²) in [7, 11) is 0. The van der Waals surface area contributed by atoms with Gasteiger partial charge in [0, 0.05) is 0 Å². The second-order valence-corrected chi connectivity index (χ2v) is 12.7. The molecule has 6 aromatic carbocycles. The number of halogens is 2. The van der Waals surface area contributed by atoms with Crippen molar-refractivity contribution in [2.75, 3.05) is 0 Å². The number of benzene rings is 4. The van der Waals surface area contributed by atoms with Crippen molar-refractivity contribution in [2.24, 2.45) is 0 Å². The van der Waals surface area contributed by atoms with Gasteiger partial charge in [-0.15, -0.1) is 87.8 Å². The molecule has 0 saturated carbocycles. The second kappa shape index (κ2) is 18.9. The van der Waals surface area contributed by atoms with Gasteiger partial charge in [-0.3, -0.25) is 0 Å². The SMILES string of the molecule is Cc1cc(-c2ccc(C(C)(C)C)cc2)c2cc(C)[cH-]c2c1.Cc1ccccc1-c1cccc2[cH-]c(C(C)C)cc12.Cl.Cl.[CH3-].[CH3-].[Si]=[Zr]. The van der Waals surface area contributed by atoms with Crippen molar-refractivity contribution < 1.29 is 23.3 Å². The van der Waals surface area contributed by atoms with Crippen LogP contribution in [0.15, 0.2) is 103 Å². The maximum atomic E-state index is 3.06. The van der Waals surface area contributed by atoms with Gasteiger partial charge in [0.2, 0.25) is 0 Å². The molecule has 6 aromatic rings. The van der Waals surface area contributed by atoms with Crippen LogP contribution in [-0.2, 0) is 28.8 Å². The molecule has 0 saturated heterocycles. The maximum absolute atomic E-state index is 3.06. The van der Waals surface area contributed by atoms with Crippen LogP contribution >= 0.6 is 24.8 Å². The Labute approximate surface area is 309 Å². The summed E-state index contributed by atoms with van der Waals surface area (Å²) in [5, 5.41) is 5.44. The molecule has 46 heavy (non-hydrogen) atoms. The van der Waals surface area contributed by atoms with E-state index in [1.807, 2.05) is 0 Å². The number of fused-ring (bicyclic) bond motifs is 2. The molecule has 0 aliphatic heterocycles. The number of hydrogen-bond donors (Lipinski definition) is 0. The topological polar surface area (TPSA) is 0 Å². The second-order valence-electron chi connectivity index (χ2n) is 12.7. The molecule has 244 valence electrons. The monoisotopic (exact) mass is 742 g/mol. The molecule has 0 bridgehead atoms. The summed E-state index contributed by atoms with van der Waals surface area (Å²) in [4.78, 5) is 0. The molecule has 0 heterocycles. The zero-order chi connectivity index (χ0) is 30.6. The van der Waals surface area contributed by atoms with Crippen LogP contribution in [0, 0.1) is 35.6 Å². The Kier molecular flexibility index (Phi) is 18.0. The fourth-order valence-electron chi connectivity index (χ4n) is 5.71. The Morgan fingerprint density at radius 1 is 0.630 bits per heavy atom. The van der Waals surface area contributed by atoms with E-state index in [0.29, 0.717) is 5.92 Å². The van der Waals surface area contributed by atoms with Gasteiger partial charge in [-0.05, 0) is 47.4 Å². The zero-order valence-corrected chi connectivity index (χ0v) is 34.3. The molecule has 0 fully saturated rings. The van der Waals surface area contributed by atoms with E-state index in [0.717, 1.165) is 0 Å². The normalized spacial score (nSPS) is 10.3. The first-order valence-electron chi connectivity index (χ1n) is 14.8. The van der Waals surface area contributed by atoms with Crippen molar-refractivity contribution in [1.29, 1.82) is 0 Å². The Hall–Kier alpha value is -2.22. The summed E-state index contributed by atoms with van der Waals surface area (Å²) in [6, 6.07) is 38.1. The standard InChI is InChI=1S/C21H23.C19H19.2CH3.2ClH.Si.Zr/c1-14-10-17-11-15(2)13-20(17)19(12-14)16-6-8-18(9-7-16)21(3,4)5;1-13(2)16-11-15-8-6-10-18(19(15)12-16)17-9-5-4-7-14(17)3;;;;;;/h6-13H,1-5H3;4-13H,1-3H3;2*1H3;2*1H;;/q4*-1;;;;. The molecule has 0 unspecified atom stereocenters. The van der Waals surface area contributed by atoms with Crippen LogP contribution in [-0.4, -0.2) is 6.88 Å². The minimum absolute atomic E-state index is 0. The fraction of sp³-hybridized carbons (Fsp3) is 0.238. The van der Waals surface area contributed by atoms with Gasteiger partial charge >= 0.3 is 30.2 Å². The number of rotatable bonds is 3. The fourth-order valence-corrected chi connectivity index (χ4v) is 5.71. The van der Waals surface area contributed by atoms with Crippen molar-refractivity contribution in [3.63, 3.8) is 0 Å². The van der Waals surface area contributed by atoms with E-state index in [1.54, 1.807) is 0 Å². The third-order valence-corrected chi connectivity index (χ3v) is 8.05. The molecule has 0 amide bonds. The predicted octanol–water partition coefficient (Wildman–Crippen LogP) is 13.2. The first-order valence-corrected chi connectivity index (χ1v) is 19.0. The van der Waals surface area contributed by atoms with E-state index in [2.05, 4.69) is 165 Å². The molecule has 2 radical (unpaired) electrons. The van der Waals surface area contributed by atoms with E-state index >= 15 is 0 Å². The van der Waals surface area contributed by atoms with Gasteiger partial charge in [0.1, 0.15) is 0 Å². The molecule has 6 rings (SSSR count). The molecule has 0 aliphatic rings. The third kappa shape index (κ3) is 10.1. The summed E-state index contributed by atoms with van der Waals surface area (Å²) < 4.78 is 0. The van der Waals surface area contributed by atoms with Crippen LogP contribution < -0.4 is 0 Å². The van der Waals surface area contributed by atoms with E-state index in [1.165, 1.54) is 95.0 Å². The number of hydrogen-bond acceptors (Lipinski definition) is 0. The molecule has 4 heteroatoms. The summed E-state index contributed by atoms with van der Waals surface area (Å²) in [6.45, 7) is 20.9. The third-order valence-electron chi connectivity index (χ3n) is 8.05. The van der Waals surface area contributed by atoms with Crippen LogP contribution in [0.2, 0.25) is 0 Å². The van der Waals surface area contributed by atoms with E-state index < -0.39 is 0 Å². The first kappa shape index (κ1) is 43.8. The van der Waals surface area contributed by atoms with Crippen molar-refractivity contribution in [3.05, 3.63) is 146 Å². The average Bonchev–Trinajstić information content (AvgIpc) is 3.57. The predicted molar refractivity (Wildman–Crippen MR) is 210 cm³/mol. The molecule has 0 nitrogen and oxygen atoms in total. The van der Waals surface area contributed by atoms with Crippen LogP contribution in [0.1, 0.15) is 68.4 Å². The Balaban J connectivity index is 0.000000774. The van der Waals surface area contributed by atoms with Crippen LogP contribution in [0.4, 0.5) is 0 Å². The summed E-state index contributed by atoms with van der Waals surface area (Å²) in [5.74, 6) is 0.581. The van der Waals surface area contributed by atoms with E-state index in [-0.39, 0.29) is 45.1 Å². The Bertz CT molecular complexity index is 1800. The van der Waals surface area contributed by atoms with E-state index in [4.69, 9.17) is 0 Å². The van der Waals surface area contributed by atoms with Crippen LogP contribution in [0.5, 0.6) is 0 Å². The molecule has 0 N–H and O–H groups in total. The molecule has 0 spiro atoms. The van der Waals surface area contributed by atoms with Crippen LogP contribution in [0.25, 0.3) is 43.8 Å². The molecular weight excluding hydrogens is 695 g/mol. The van der Waals surface area contributed by atoms with Gasteiger partial charge in [-0.1, -0.05) is 119 Å². The zero-order valence-electron chi connectivity index (χ0n) is 29.2. The summed E-state index contributed by atoms with van der Waals surface area (Å²) >= 11 is 1.36. The van der Waals surface area contributed by atoms with Gasteiger partial charge < -0.3 is 14.9 Å². The van der Waals surface area contributed by atoms with Gasteiger partial charge in [0.25, 0.3) is 0 Å². The van der Waals surface area contributed by atoms with Crippen molar-refractivity contribution in [3.8, 4) is 22.3 Å². The summed E-state index contributed by atoms with van der Waals surface area (Å²) in [5.41, 5.74) is 12.4. The molecular formula is C42H50Cl2SiZr-4. The quantitative estimate of drug-likeness (QED) is 0.125. The van der Waals surface area contributed by atoms with Gasteiger partial charge in [-0.25, -0.2) is 0 Å². The average molecular weight is 745 g/mol. The number of aryl methyl sites for hydroxylation is 3. The molecule has 0 aliphatic carbocycles. The van der Waals surface area contributed by atoms with Gasteiger partial charge in [-0.2, -0.15) is 12.1 Å². The van der Waals surface area contributed by atoms with Crippen molar-refractivity contribution in [1.82, 2.24) is 0 Å². The Morgan fingerprint density at radius 2 is 1.22 bits per heavy atom.